The molecule has 0 saturated carbocycles. The van der Waals surface area contributed by atoms with Crippen molar-refractivity contribution < 1.29 is 19.4 Å². The Hall–Kier alpha value is -1.99. The van der Waals surface area contributed by atoms with E-state index < -0.39 is 11.6 Å². The van der Waals surface area contributed by atoms with E-state index in [4.69, 9.17) is 21.1 Å². The lowest BCUT2D eigenvalue weighted by Crippen LogP contribution is -2.61. The second-order valence-corrected chi connectivity index (χ2v) is 7.53. The molecule has 8 heteroatoms. The number of aliphatic hydroxyl groups excluding tert-OH is 1. The first-order valence-corrected chi connectivity index (χ1v) is 9.79. The molecule has 0 aromatic heterocycles. The maximum Gasteiger partial charge on any atom is 0.225 e. The van der Waals surface area contributed by atoms with Crippen LogP contribution >= 0.6 is 24.0 Å². The minimum Gasteiger partial charge on any atom is -0.486 e. The summed E-state index contributed by atoms with van der Waals surface area (Å²) < 4.78 is 11.1. The Bertz CT molecular complexity index is 865. The van der Waals surface area contributed by atoms with E-state index in [1.807, 2.05) is 30.3 Å². The van der Waals surface area contributed by atoms with Crippen molar-refractivity contribution in [3.8, 4) is 11.5 Å². The number of nitrogens with one attached hydrogen (secondary N) is 2. The highest BCUT2D eigenvalue weighted by Gasteiger charge is 2.42. The molecular formula is C21H24Cl2N2O4. The number of aliphatic hydroxyl groups is 1. The average molecular weight is 439 g/mol. The van der Waals surface area contributed by atoms with E-state index in [1.54, 1.807) is 12.1 Å². The standard InChI is InChI=1S/C21H23ClN2O4.ClH/c22-16-12-18-17(27-8-9-28-18)10-14(16)11-20(26)24-21(6-7-23-13-19(21)25)15-4-2-1-3-5-15;/h1-5,10,12,19,23,25H,6-9,11,13H2,(H,24,26);1H/t19-,21+;/m1./s1. The van der Waals surface area contributed by atoms with Crippen molar-refractivity contribution in [3.05, 3.63) is 58.6 Å². The number of piperidine rings is 1. The minimum atomic E-state index is -0.829. The predicted octanol–water partition coefficient (Wildman–Crippen LogP) is 2.44. The van der Waals surface area contributed by atoms with Crippen molar-refractivity contribution in [1.29, 1.82) is 0 Å². The SMILES string of the molecule is Cl.O=C(Cc1cc2c(cc1Cl)OCCO2)N[C@]1(c2ccccc2)CCNC[C@H]1O. The number of hydrogen-bond donors (Lipinski definition) is 3. The van der Waals surface area contributed by atoms with Gasteiger partial charge in [-0.1, -0.05) is 41.9 Å². The zero-order valence-corrected chi connectivity index (χ0v) is 17.4. The normalized spacial score (nSPS) is 23.0. The van der Waals surface area contributed by atoms with Gasteiger partial charge in [-0.3, -0.25) is 4.79 Å². The van der Waals surface area contributed by atoms with E-state index in [0.29, 0.717) is 54.8 Å². The summed E-state index contributed by atoms with van der Waals surface area (Å²) in [6.45, 7) is 2.07. The van der Waals surface area contributed by atoms with Crippen molar-refractivity contribution >= 4 is 29.9 Å². The van der Waals surface area contributed by atoms with Gasteiger partial charge in [-0.05, 0) is 30.2 Å². The molecule has 156 valence electrons. The summed E-state index contributed by atoms with van der Waals surface area (Å²) in [4.78, 5) is 13.0. The molecule has 0 aliphatic carbocycles. The van der Waals surface area contributed by atoms with Crippen LogP contribution in [0.2, 0.25) is 5.02 Å². The molecule has 0 bridgehead atoms. The molecule has 2 atom stereocenters. The molecule has 2 aliphatic heterocycles. The van der Waals surface area contributed by atoms with Gasteiger partial charge in [0.25, 0.3) is 0 Å². The van der Waals surface area contributed by atoms with E-state index in [1.165, 1.54) is 0 Å². The second kappa shape index (κ2) is 9.22. The lowest BCUT2D eigenvalue weighted by Gasteiger charge is -2.43. The molecule has 3 N–H and O–H groups in total. The summed E-state index contributed by atoms with van der Waals surface area (Å²) in [5, 5.41) is 17.5. The molecule has 29 heavy (non-hydrogen) atoms. The van der Waals surface area contributed by atoms with E-state index in [-0.39, 0.29) is 24.7 Å². The summed E-state index contributed by atoms with van der Waals surface area (Å²) in [5.41, 5.74) is 0.727. The molecule has 0 radical (unpaired) electrons. The summed E-state index contributed by atoms with van der Waals surface area (Å²) in [6.07, 6.45) is -0.0495. The summed E-state index contributed by atoms with van der Waals surface area (Å²) in [5.74, 6) is 0.983. The molecule has 6 nitrogen and oxygen atoms in total. The van der Waals surface area contributed by atoms with Gasteiger partial charge in [0.05, 0.1) is 18.1 Å². The number of ether oxygens (including phenoxy) is 2. The van der Waals surface area contributed by atoms with Gasteiger partial charge in [0.2, 0.25) is 5.91 Å². The van der Waals surface area contributed by atoms with Crippen molar-refractivity contribution in [2.75, 3.05) is 26.3 Å². The second-order valence-electron chi connectivity index (χ2n) is 7.12. The first kappa shape index (κ1) is 21.7. The highest BCUT2D eigenvalue weighted by Crippen LogP contribution is 2.36. The molecule has 2 aromatic rings. The number of halogens is 2. The maximum absolute atomic E-state index is 13.0. The Kier molecular flexibility index (Phi) is 6.90. The van der Waals surface area contributed by atoms with Gasteiger partial charge in [0, 0.05) is 17.6 Å². The molecule has 1 saturated heterocycles. The van der Waals surface area contributed by atoms with Crippen LogP contribution in [0.15, 0.2) is 42.5 Å². The molecule has 4 rings (SSSR count). The molecule has 2 heterocycles. The fourth-order valence-electron chi connectivity index (χ4n) is 3.86. The van der Waals surface area contributed by atoms with Crippen molar-refractivity contribution in [3.63, 3.8) is 0 Å². The Morgan fingerprint density at radius 1 is 1.21 bits per heavy atom. The summed E-state index contributed by atoms with van der Waals surface area (Å²) in [6, 6.07) is 13.1. The highest BCUT2D eigenvalue weighted by atomic mass is 35.5. The van der Waals surface area contributed by atoms with Crippen LogP contribution in [-0.2, 0) is 16.8 Å². The summed E-state index contributed by atoms with van der Waals surface area (Å²) >= 11 is 6.35. The van der Waals surface area contributed by atoms with Crippen LogP contribution in [0.3, 0.4) is 0 Å². The maximum atomic E-state index is 13.0. The quantitative estimate of drug-likeness (QED) is 0.682. The number of amides is 1. The van der Waals surface area contributed by atoms with Gasteiger partial charge in [0.15, 0.2) is 11.5 Å². The number of carbonyl (C=O) groups excluding carboxylic acids is 1. The Balaban J connectivity index is 0.00000240. The minimum absolute atomic E-state index is 0. The predicted molar refractivity (Wildman–Crippen MR) is 113 cm³/mol. The third-order valence-corrected chi connectivity index (χ3v) is 5.67. The van der Waals surface area contributed by atoms with Gasteiger partial charge in [-0.15, -0.1) is 12.4 Å². The van der Waals surface area contributed by atoms with Crippen LogP contribution in [0, 0.1) is 0 Å². The Morgan fingerprint density at radius 3 is 2.59 bits per heavy atom. The van der Waals surface area contributed by atoms with Crippen LogP contribution < -0.4 is 20.1 Å². The number of fused-ring (bicyclic) bond motifs is 1. The molecular weight excluding hydrogens is 415 g/mol. The van der Waals surface area contributed by atoms with E-state index in [0.717, 1.165) is 5.56 Å². The number of hydrogen-bond acceptors (Lipinski definition) is 5. The monoisotopic (exact) mass is 438 g/mol. The van der Waals surface area contributed by atoms with E-state index in [2.05, 4.69) is 10.6 Å². The van der Waals surface area contributed by atoms with Gasteiger partial charge in [-0.25, -0.2) is 0 Å². The van der Waals surface area contributed by atoms with Crippen LogP contribution in [0.5, 0.6) is 11.5 Å². The van der Waals surface area contributed by atoms with Crippen molar-refractivity contribution in [2.24, 2.45) is 0 Å². The number of benzene rings is 2. The molecule has 1 amide bonds. The molecule has 2 aliphatic rings. The van der Waals surface area contributed by atoms with Crippen LogP contribution in [0.25, 0.3) is 0 Å². The van der Waals surface area contributed by atoms with Crippen molar-refractivity contribution in [2.45, 2.75) is 24.5 Å². The average Bonchev–Trinajstić information content (AvgIpc) is 2.71. The Labute approximate surface area is 181 Å². The highest BCUT2D eigenvalue weighted by molar-refractivity contribution is 6.31. The van der Waals surface area contributed by atoms with Gasteiger partial charge < -0.3 is 25.2 Å². The first-order valence-electron chi connectivity index (χ1n) is 9.42. The smallest absolute Gasteiger partial charge is 0.225 e. The van der Waals surface area contributed by atoms with Gasteiger partial charge in [0.1, 0.15) is 13.2 Å². The largest absolute Gasteiger partial charge is 0.486 e. The topological polar surface area (TPSA) is 79.8 Å². The zero-order valence-electron chi connectivity index (χ0n) is 15.8. The zero-order chi connectivity index (χ0) is 19.6. The fraction of sp³-hybridized carbons (Fsp3) is 0.381. The first-order chi connectivity index (χ1) is 13.6. The number of carbonyl (C=O) groups is 1. The summed E-state index contributed by atoms with van der Waals surface area (Å²) in [7, 11) is 0. The molecule has 0 spiro atoms. The van der Waals surface area contributed by atoms with E-state index in [9.17, 15) is 9.90 Å². The lowest BCUT2D eigenvalue weighted by atomic mass is 9.79. The third kappa shape index (κ3) is 4.46. The number of rotatable bonds is 4. The third-order valence-electron chi connectivity index (χ3n) is 5.32. The Morgan fingerprint density at radius 2 is 1.90 bits per heavy atom. The molecule has 0 unspecified atom stereocenters. The molecule has 2 aromatic carbocycles. The van der Waals surface area contributed by atoms with Crippen LogP contribution in [0.4, 0.5) is 0 Å². The van der Waals surface area contributed by atoms with Crippen LogP contribution in [-0.4, -0.2) is 43.4 Å². The molecule has 1 fully saturated rings. The number of β-amino-alcohol motifs (C(OH)–C–C–N with tert-alkyl or cyclic N) is 1. The van der Waals surface area contributed by atoms with E-state index >= 15 is 0 Å². The van der Waals surface area contributed by atoms with Crippen molar-refractivity contribution in [1.82, 2.24) is 10.6 Å². The van der Waals surface area contributed by atoms with Gasteiger partial charge >= 0.3 is 0 Å². The lowest BCUT2D eigenvalue weighted by molar-refractivity contribution is -0.125. The fourth-order valence-corrected chi connectivity index (χ4v) is 4.08. The van der Waals surface area contributed by atoms with Gasteiger partial charge in [-0.2, -0.15) is 0 Å². The van der Waals surface area contributed by atoms with Crippen LogP contribution in [0.1, 0.15) is 17.5 Å².